The molecule has 0 aliphatic carbocycles. The first-order chi connectivity index (χ1) is 9.56. The minimum absolute atomic E-state index is 0. The van der Waals surface area contributed by atoms with Crippen LogP contribution in [0, 0.1) is 0 Å². The number of fused-ring (bicyclic) bond motifs is 3. The summed E-state index contributed by atoms with van der Waals surface area (Å²) in [5.41, 5.74) is 3.86. The summed E-state index contributed by atoms with van der Waals surface area (Å²) >= 11 is 1.83. The average Bonchev–Trinajstić information content (AvgIpc) is 2.85. The number of nitrogens with one attached hydrogen (secondary N) is 1. The summed E-state index contributed by atoms with van der Waals surface area (Å²) in [6.45, 7) is 7.22. The van der Waals surface area contributed by atoms with Gasteiger partial charge in [-0.1, -0.05) is 11.8 Å². The van der Waals surface area contributed by atoms with Crippen LogP contribution in [0.4, 0.5) is 5.69 Å². The molecule has 0 atom stereocenters. The van der Waals surface area contributed by atoms with Gasteiger partial charge in [0.1, 0.15) is 10.6 Å². The number of halogens is 1. The second-order valence-corrected chi connectivity index (χ2v) is 8.48. The van der Waals surface area contributed by atoms with Crippen molar-refractivity contribution >= 4 is 38.1 Å². The van der Waals surface area contributed by atoms with Gasteiger partial charge < -0.3 is 27.0 Å². The van der Waals surface area contributed by atoms with Gasteiger partial charge in [-0.15, -0.1) is 0 Å². The topological polar surface area (TPSA) is 21.3 Å². The molecule has 1 aliphatic rings. The lowest BCUT2D eigenvalue weighted by molar-refractivity contribution is -0.00000475. The average molecular weight is 404 g/mol. The van der Waals surface area contributed by atoms with E-state index in [4.69, 9.17) is 4.74 Å². The minimum atomic E-state index is -0.00932. The highest BCUT2D eigenvalue weighted by atomic mass is 79.9. The molecule has 114 valence electrons. The van der Waals surface area contributed by atoms with E-state index in [1.165, 1.54) is 25.9 Å². The Morgan fingerprint density at radius 1 is 1.38 bits per heavy atom. The zero-order chi connectivity index (χ0) is 14.3. The number of benzene rings is 1. The fourth-order valence-electron chi connectivity index (χ4n) is 2.53. The van der Waals surface area contributed by atoms with E-state index in [1.807, 2.05) is 45.4 Å². The second-order valence-electron chi connectivity index (χ2n) is 5.25. The van der Waals surface area contributed by atoms with Crippen LogP contribution >= 0.6 is 32.4 Å². The van der Waals surface area contributed by atoms with Crippen molar-refractivity contribution in [2.45, 2.75) is 30.5 Å². The van der Waals surface area contributed by atoms with E-state index in [0.29, 0.717) is 6.61 Å². The van der Waals surface area contributed by atoms with Gasteiger partial charge in [-0.3, -0.25) is 0 Å². The summed E-state index contributed by atoms with van der Waals surface area (Å²) < 4.78 is 7.06. The molecule has 0 unspecified atom stereocenters. The fraction of sp³-hybridized carbons (Fsp3) is 0.400. The van der Waals surface area contributed by atoms with Crippen molar-refractivity contribution in [1.82, 2.24) is 0 Å². The van der Waals surface area contributed by atoms with Crippen LogP contribution in [0.2, 0.25) is 0 Å². The Kier molecular flexibility index (Phi) is 5.23. The molecule has 6 heteroatoms. The predicted octanol–water partition coefficient (Wildman–Crippen LogP) is 2.54. The van der Waals surface area contributed by atoms with E-state index in [-0.39, 0.29) is 22.5 Å². The zero-order valence-electron chi connectivity index (χ0n) is 12.5. The van der Waals surface area contributed by atoms with Crippen LogP contribution < -0.4 is 27.0 Å². The van der Waals surface area contributed by atoms with E-state index in [1.54, 1.807) is 0 Å². The highest BCUT2D eigenvalue weighted by Crippen LogP contribution is 2.53. The second kappa shape index (κ2) is 6.44. The Morgan fingerprint density at radius 2 is 2.14 bits per heavy atom. The lowest BCUT2D eigenvalue weighted by Gasteiger charge is -2.32. The van der Waals surface area contributed by atoms with Gasteiger partial charge in [-0.05, 0) is 45.2 Å². The summed E-state index contributed by atoms with van der Waals surface area (Å²) in [6.07, 6.45) is 2.15. The third-order valence-corrected chi connectivity index (χ3v) is 7.61. The number of ether oxygens (including phenoxy) is 1. The lowest BCUT2D eigenvalue weighted by atomic mass is 9.90. The third kappa shape index (κ3) is 2.96. The van der Waals surface area contributed by atoms with Crippen LogP contribution in [0.5, 0.6) is 5.75 Å². The molecule has 0 saturated heterocycles. The van der Waals surface area contributed by atoms with Crippen molar-refractivity contribution in [3.05, 3.63) is 23.1 Å². The van der Waals surface area contributed by atoms with Crippen molar-refractivity contribution < 1.29 is 21.7 Å². The summed E-state index contributed by atoms with van der Waals surface area (Å²) in [4.78, 5) is 1.42. The number of anilines is 1. The number of hydrogen-bond donors (Lipinski definition) is 1. The first-order valence-corrected chi connectivity index (χ1v) is 10.00. The van der Waals surface area contributed by atoms with Crippen molar-refractivity contribution in [2.75, 3.05) is 18.2 Å². The van der Waals surface area contributed by atoms with Gasteiger partial charge in [0, 0.05) is 11.3 Å². The SMILES string of the molecule is CCOc1ccc2c(c1)-c1c(s[s+]c1SC)C(C)(C)N2.[Br-]. The van der Waals surface area contributed by atoms with Gasteiger partial charge in [-0.2, -0.15) is 0 Å². The Balaban J connectivity index is 0.00000161. The first kappa shape index (κ1) is 17.1. The molecule has 2 aromatic rings. The van der Waals surface area contributed by atoms with Gasteiger partial charge in [0.25, 0.3) is 4.21 Å². The van der Waals surface area contributed by atoms with Gasteiger partial charge in [0.15, 0.2) is 10.3 Å². The quantitative estimate of drug-likeness (QED) is 0.483. The van der Waals surface area contributed by atoms with E-state index in [2.05, 4.69) is 37.6 Å². The Bertz CT molecular complexity index is 654. The summed E-state index contributed by atoms with van der Waals surface area (Å²) in [7, 11) is 3.76. The molecule has 0 fully saturated rings. The van der Waals surface area contributed by atoms with E-state index in [0.717, 1.165) is 5.75 Å². The first-order valence-electron chi connectivity index (χ1n) is 6.63. The van der Waals surface area contributed by atoms with Crippen molar-refractivity contribution in [3.8, 4) is 16.9 Å². The fourth-order valence-corrected chi connectivity index (χ4v) is 6.88. The maximum atomic E-state index is 5.66. The number of hydrogen-bond acceptors (Lipinski definition) is 4. The largest absolute Gasteiger partial charge is 1.00 e. The minimum Gasteiger partial charge on any atom is -1.00 e. The van der Waals surface area contributed by atoms with Crippen LogP contribution in [0.3, 0.4) is 0 Å². The van der Waals surface area contributed by atoms with Crippen molar-refractivity contribution in [1.29, 1.82) is 0 Å². The van der Waals surface area contributed by atoms with E-state index >= 15 is 0 Å². The highest BCUT2D eigenvalue weighted by Gasteiger charge is 2.39. The van der Waals surface area contributed by atoms with E-state index < -0.39 is 0 Å². The monoisotopic (exact) mass is 403 g/mol. The van der Waals surface area contributed by atoms with Gasteiger partial charge in [0.2, 0.25) is 0 Å². The number of rotatable bonds is 3. The molecule has 1 aromatic carbocycles. The number of thioether (sulfide) groups is 1. The summed E-state index contributed by atoms with van der Waals surface area (Å²) in [6, 6.07) is 6.35. The summed E-state index contributed by atoms with van der Waals surface area (Å²) in [5.74, 6) is 0.946. The Hall–Kier alpha value is -0.300. The van der Waals surface area contributed by atoms with Crippen LogP contribution in [0.1, 0.15) is 25.6 Å². The van der Waals surface area contributed by atoms with Crippen molar-refractivity contribution in [2.24, 2.45) is 0 Å². The molecule has 0 saturated carbocycles. The predicted molar refractivity (Wildman–Crippen MR) is 91.6 cm³/mol. The Labute approximate surface area is 148 Å². The molecule has 2 nitrogen and oxygen atoms in total. The lowest BCUT2D eigenvalue weighted by Crippen LogP contribution is -3.00. The zero-order valence-corrected chi connectivity index (χ0v) is 16.5. The standard InChI is InChI=1S/C15H18NOS3.BrH/c1-5-17-9-6-7-11-10(8-9)12-13(15(2,3)16-11)19-20-14(12)18-4;/h6-8,16H,5H2,1-4H3;1H/q+1;/p-1. The molecule has 0 radical (unpaired) electrons. The smallest absolute Gasteiger partial charge is 0.308 e. The normalized spacial score (nSPS) is 14.5. The van der Waals surface area contributed by atoms with Gasteiger partial charge >= 0.3 is 10.3 Å². The Morgan fingerprint density at radius 3 is 2.81 bits per heavy atom. The van der Waals surface area contributed by atoms with Crippen molar-refractivity contribution in [3.63, 3.8) is 0 Å². The molecule has 21 heavy (non-hydrogen) atoms. The molecule has 1 aromatic heterocycles. The van der Waals surface area contributed by atoms with Crippen LogP contribution in [0.25, 0.3) is 11.1 Å². The molecular formula is C15H18BrNOS3. The van der Waals surface area contributed by atoms with Crippen LogP contribution in [0.15, 0.2) is 22.4 Å². The third-order valence-electron chi connectivity index (χ3n) is 3.40. The van der Waals surface area contributed by atoms with Crippen LogP contribution in [-0.4, -0.2) is 12.9 Å². The summed E-state index contributed by atoms with van der Waals surface area (Å²) in [5, 5.41) is 3.65. The maximum absolute atomic E-state index is 5.66. The van der Waals surface area contributed by atoms with Gasteiger partial charge in [-0.25, -0.2) is 0 Å². The van der Waals surface area contributed by atoms with Gasteiger partial charge in [0.05, 0.1) is 17.7 Å². The molecule has 2 heterocycles. The molecule has 0 bridgehead atoms. The molecular weight excluding hydrogens is 386 g/mol. The maximum Gasteiger partial charge on any atom is 0.308 e. The van der Waals surface area contributed by atoms with E-state index in [9.17, 15) is 0 Å². The molecule has 1 N–H and O–H groups in total. The molecule has 0 amide bonds. The molecule has 3 rings (SSSR count). The molecule has 0 spiro atoms. The molecule has 1 aliphatic heterocycles. The van der Waals surface area contributed by atoms with Crippen LogP contribution in [-0.2, 0) is 5.54 Å². The highest BCUT2D eigenvalue weighted by molar-refractivity contribution is 8.02.